The SMILES string of the molecule is CCCCCCC1CCC/C=C\CC(C(=O)N(C)C)C[C@@H](C(=O)OCC)NC(=O)[C@H](CC(C)C)NC(=O)C1. The van der Waals surface area contributed by atoms with Crippen molar-refractivity contribution in [2.75, 3.05) is 20.7 Å². The van der Waals surface area contributed by atoms with E-state index in [0.29, 0.717) is 19.3 Å². The van der Waals surface area contributed by atoms with E-state index in [1.54, 1.807) is 21.0 Å². The van der Waals surface area contributed by atoms with Crippen molar-refractivity contribution in [1.29, 1.82) is 0 Å². The molecule has 2 N–H and O–H groups in total. The third-order valence-corrected chi connectivity index (χ3v) is 7.07. The number of carbonyl (C=O) groups is 4. The maximum atomic E-state index is 13.4. The molecule has 0 fully saturated rings. The fourth-order valence-corrected chi connectivity index (χ4v) is 5.01. The van der Waals surface area contributed by atoms with Crippen LogP contribution in [-0.4, -0.2) is 61.4 Å². The molecule has 0 aromatic carbocycles. The molecule has 8 heteroatoms. The van der Waals surface area contributed by atoms with E-state index >= 15 is 0 Å². The lowest BCUT2D eigenvalue weighted by Crippen LogP contribution is -2.53. The molecule has 218 valence electrons. The van der Waals surface area contributed by atoms with Crippen molar-refractivity contribution in [2.24, 2.45) is 17.8 Å². The number of hydrogen-bond acceptors (Lipinski definition) is 5. The maximum absolute atomic E-state index is 13.4. The van der Waals surface area contributed by atoms with Crippen LogP contribution in [0.15, 0.2) is 12.2 Å². The van der Waals surface area contributed by atoms with E-state index in [1.807, 2.05) is 19.9 Å². The normalized spacial score (nSPS) is 24.8. The average Bonchev–Trinajstić information content (AvgIpc) is 2.85. The van der Waals surface area contributed by atoms with Gasteiger partial charge in [-0.15, -0.1) is 0 Å². The summed E-state index contributed by atoms with van der Waals surface area (Å²) in [6.45, 7) is 8.06. The van der Waals surface area contributed by atoms with Gasteiger partial charge in [-0.05, 0) is 63.7 Å². The van der Waals surface area contributed by atoms with E-state index in [2.05, 4.69) is 23.6 Å². The number of hydrogen-bond donors (Lipinski definition) is 2. The van der Waals surface area contributed by atoms with E-state index in [4.69, 9.17) is 4.74 Å². The van der Waals surface area contributed by atoms with Crippen molar-refractivity contribution in [3.63, 3.8) is 0 Å². The van der Waals surface area contributed by atoms with Crippen molar-refractivity contribution in [3.05, 3.63) is 12.2 Å². The van der Waals surface area contributed by atoms with Gasteiger partial charge in [-0.3, -0.25) is 14.4 Å². The number of rotatable bonds is 10. The van der Waals surface area contributed by atoms with Crippen LogP contribution < -0.4 is 10.6 Å². The molecule has 8 nitrogen and oxygen atoms in total. The molecule has 2 unspecified atom stereocenters. The number of amides is 3. The van der Waals surface area contributed by atoms with Crippen LogP contribution in [0.5, 0.6) is 0 Å². The Morgan fingerprint density at radius 2 is 1.82 bits per heavy atom. The standard InChI is InChI=1S/C30H53N3O5/c1-7-9-10-13-16-23-17-14-11-12-15-18-24(29(36)33(5)6)21-26(30(37)38-8-2)32-28(35)25(19-22(3)4)31-27(34)20-23/h12,15,22-26H,7-11,13-14,16-21H2,1-6H3,(H,31,34)(H,32,35)/b15-12-/t23?,24?,25-,26-/m0/s1. The van der Waals surface area contributed by atoms with Crippen molar-refractivity contribution in [1.82, 2.24) is 15.5 Å². The average molecular weight is 536 g/mol. The summed E-state index contributed by atoms with van der Waals surface area (Å²) in [6.07, 6.45) is 14.0. The van der Waals surface area contributed by atoms with E-state index in [9.17, 15) is 19.2 Å². The zero-order chi connectivity index (χ0) is 28.5. The van der Waals surface area contributed by atoms with Crippen LogP contribution in [-0.2, 0) is 23.9 Å². The summed E-state index contributed by atoms with van der Waals surface area (Å²) in [4.78, 5) is 53.8. The fraction of sp³-hybridized carbons (Fsp3) is 0.800. The van der Waals surface area contributed by atoms with Crippen LogP contribution in [0, 0.1) is 17.8 Å². The quantitative estimate of drug-likeness (QED) is 0.238. The van der Waals surface area contributed by atoms with Crippen molar-refractivity contribution in [3.8, 4) is 0 Å². The first-order valence-electron chi connectivity index (χ1n) is 14.7. The van der Waals surface area contributed by atoms with Crippen LogP contribution in [0.4, 0.5) is 0 Å². The Bertz CT molecular complexity index is 765. The molecule has 0 bridgehead atoms. The summed E-state index contributed by atoms with van der Waals surface area (Å²) in [6, 6.07) is -1.73. The summed E-state index contributed by atoms with van der Waals surface area (Å²) < 4.78 is 5.25. The second kappa shape index (κ2) is 18.8. The van der Waals surface area contributed by atoms with E-state index in [-0.39, 0.29) is 36.7 Å². The lowest BCUT2D eigenvalue weighted by atomic mass is 9.90. The highest BCUT2D eigenvalue weighted by Crippen LogP contribution is 2.23. The summed E-state index contributed by atoms with van der Waals surface area (Å²) >= 11 is 0. The Kier molecular flexibility index (Phi) is 16.6. The summed E-state index contributed by atoms with van der Waals surface area (Å²) in [5, 5.41) is 5.78. The summed E-state index contributed by atoms with van der Waals surface area (Å²) in [5.74, 6) is -1.25. The van der Waals surface area contributed by atoms with E-state index < -0.39 is 29.9 Å². The second-order valence-corrected chi connectivity index (χ2v) is 11.3. The van der Waals surface area contributed by atoms with Gasteiger partial charge in [-0.1, -0.05) is 58.6 Å². The van der Waals surface area contributed by atoms with E-state index in [1.165, 1.54) is 24.2 Å². The molecule has 0 aromatic rings. The number of nitrogens with zero attached hydrogens (tertiary/aromatic N) is 1. The minimum absolute atomic E-state index is 0.0986. The van der Waals surface area contributed by atoms with Gasteiger partial charge in [0.05, 0.1) is 6.61 Å². The maximum Gasteiger partial charge on any atom is 0.328 e. The fourth-order valence-electron chi connectivity index (χ4n) is 5.01. The van der Waals surface area contributed by atoms with Crippen molar-refractivity contribution in [2.45, 2.75) is 117 Å². The van der Waals surface area contributed by atoms with Crippen molar-refractivity contribution >= 4 is 23.7 Å². The first kappa shape index (κ1) is 33.6. The smallest absolute Gasteiger partial charge is 0.328 e. The van der Waals surface area contributed by atoms with Gasteiger partial charge in [0.1, 0.15) is 12.1 Å². The first-order valence-corrected chi connectivity index (χ1v) is 14.7. The monoisotopic (exact) mass is 535 g/mol. The number of unbranched alkanes of at least 4 members (excludes halogenated alkanes) is 3. The lowest BCUT2D eigenvalue weighted by Gasteiger charge is -2.27. The molecule has 4 atom stereocenters. The van der Waals surface area contributed by atoms with Gasteiger partial charge in [0.2, 0.25) is 17.7 Å². The molecule has 1 aliphatic rings. The van der Waals surface area contributed by atoms with Gasteiger partial charge in [0, 0.05) is 26.4 Å². The Labute approximate surface area is 230 Å². The third-order valence-electron chi connectivity index (χ3n) is 7.07. The van der Waals surface area contributed by atoms with E-state index in [0.717, 1.165) is 32.1 Å². The molecule has 1 rings (SSSR count). The molecule has 38 heavy (non-hydrogen) atoms. The predicted octanol–water partition coefficient (Wildman–Crippen LogP) is 4.77. The van der Waals surface area contributed by atoms with Crippen LogP contribution >= 0.6 is 0 Å². The predicted molar refractivity (Wildman–Crippen MR) is 151 cm³/mol. The molecule has 0 aromatic heterocycles. The van der Waals surface area contributed by atoms with Gasteiger partial charge >= 0.3 is 5.97 Å². The Morgan fingerprint density at radius 1 is 1.08 bits per heavy atom. The number of allylic oxidation sites excluding steroid dienone is 2. The van der Waals surface area contributed by atoms with Crippen LogP contribution in [0.1, 0.15) is 105 Å². The van der Waals surface area contributed by atoms with Gasteiger partial charge in [0.15, 0.2) is 0 Å². The number of esters is 1. The number of nitrogens with one attached hydrogen (secondary N) is 2. The zero-order valence-corrected chi connectivity index (χ0v) is 24.7. The highest BCUT2D eigenvalue weighted by atomic mass is 16.5. The zero-order valence-electron chi connectivity index (χ0n) is 24.7. The highest BCUT2D eigenvalue weighted by Gasteiger charge is 2.32. The Hall–Kier alpha value is -2.38. The first-order chi connectivity index (χ1) is 18.1. The van der Waals surface area contributed by atoms with Gasteiger partial charge in [0.25, 0.3) is 0 Å². The number of ether oxygens (including phenoxy) is 1. The highest BCUT2D eigenvalue weighted by molar-refractivity contribution is 5.91. The van der Waals surface area contributed by atoms with Crippen LogP contribution in [0.2, 0.25) is 0 Å². The molecule has 0 radical (unpaired) electrons. The minimum Gasteiger partial charge on any atom is -0.464 e. The molecular formula is C30H53N3O5. The summed E-state index contributed by atoms with van der Waals surface area (Å²) in [7, 11) is 3.38. The molecule has 0 saturated heterocycles. The van der Waals surface area contributed by atoms with Gasteiger partial charge in [-0.2, -0.15) is 0 Å². The van der Waals surface area contributed by atoms with Crippen molar-refractivity contribution < 1.29 is 23.9 Å². The Balaban J connectivity index is 3.23. The molecule has 0 spiro atoms. The lowest BCUT2D eigenvalue weighted by molar-refractivity contribution is -0.148. The third kappa shape index (κ3) is 13.4. The van der Waals surface area contributed by atoms with Gasteiger partial charge in [-0.25, -0.2) is 4.79 Å². The topological polar surface area (TPSA) is 105 Å². The van der Waals surface area contributed by atoms with Crippen LogP contribution in [0.3, 0.4) is 0 Å². The molecule has 0 saturated carbocycles. The second-order valence-electron chi connectivity index (χ2n) is 11.3. The molecule has 1 heterocycles. The molecule has 3 amide bonds. The largest absolute Gasteiger partial charge is 0.464 e. The van der Waals surface area contributed by atoms with Crippen LogP contribution in [0.25, 0.3) is 0 Å². The molecular weight excluding hydrogens is 482 g/mol. The molecule has 0 aliphatic carbocycles. The summed E-state index contributed by atoms with van der Waals surface area (Å²) in [5.41, 5.74) is 0. The minimum atomic E-state index is -0.976. The van der Waals surface area contributed by atoms with Gasteiger partial charge < -0.3 is 20.3 Å². The molecule has 1 aliphatic heterocycles. The number of carbonyl (C=O) groups excluding carboxylic acids is 4. The Morgan fingerprint density at radius 3 is 2.45 bits per heavy atom.